The first-order valence-corrected chi connectivity index (χ1v) is 11.8. The summed E-state index contributed by atoms with van der Waals surface area (Å²) in [5, 5.41) is 0. The molecule has 5 rings (SSSR count). The van der Waals surface area contributed by atoms with Gasteiger partial charge in [0, 0.05) is 50.0 Å². The molecule has 4 aromatic rings. The number of hydrogen-bond acceptors (Lipinski definition) is 4. The van der Waals surface area contributed by atoms with Gasteiger partial charge in [-0.25, -0.2) is 4.98 Å². The summed E-state index contributed by atoms with van der Waals surface area (Å²) in [5.74, 6) is 0.879. The molecule has 3 heterocycles. The van der Waals surface area contributed by atoms with E-state index in [0.29, 0.717) is 19.7 Å². The molecule has 0 spiro atoms. The van der Waals surface area contributed by atoms with E-state index in [9.17, 15) is 4.79 Å². The third-order valence-electron chi connectivity index (χ3n) is 6.50. The molecule has 0 N–H and O–H groups in total. The summed E-state index contributed by atoms with van der Waals surface area (Å²) < 4.78 is 8.10. The summed E-state index contributed by atoms with van der Waals surface area (Å²) in [6, 6.07) is 21.7. The summed E-state index contributed by atoms with van der Waals surface area (Å²) in [7, 11) is 0. The average Bonchev–Trinajstić information content (AvgIpc) is 3.17. The van der Waals surface area contributed by atoms with Gasteiger partial charge in [-0.05, 0) is 49.7 Å². The number of benzene rings is 2. The monoisotopic (exact) mass is 454 g/mol. The fourth-order valence-electron chi connectivity index (χ4n) is 4.53. The Morgan fingerprint density at radius 2 is 1.68 bits per heavy atom. The molecule has 174 valence electrons. The number of fused-ring (bicyclic) bond motifs is 1. The molecule has 2 aromatic carbocycles. The molecule has 0 bridgehead atoms. The highest BCUT2D eigenvalue weighted by molar-refractivity contribution is 5.95. The number of carbonyl (C=O) groups is 1. The first kappa shape index (κ1) is 22.2. The van der Waals surface area contributed by atoms with Crippen LogP contribution in [0.1, 0.15) is 32.9 Å². The summed E-state index contributed by atoms with van der Waals surface area (Å²) in [6.07, 6.45) is 2.11. The van der Waals surface area contributed by atoms with Gasteiger partial charge in [-0.3, -0.25) is 9.69 Å². The molecule has 34 heavy (non-hydrogen) atoms. The van der Waals surface area contributed by atoms with Gasteiger partial charge < -0.3 is 14.0 Å². The highest BCUT2D eigenvalue weighted by atomic mass is 16.5. The van der Waals surface area contributed by atoms with Gasteiger partial charge in [0.15, 0.2) is 0 Å². The Kier molecular flexibility index (Phi) is 6.32. The number of imidazole rings is 1. The van der Waals surface area contributed by atoms with Crippen LogP contribution in [-0.2, 0) is 13.2 Å². The molecule has 1 fully saturated rings. The van der Waals surface area contributed by atoms with Crippen molar-refractivity contribution in [1.29, 1.82) is 0 Å². The van der Waals surface area contributed by atoms with Gasteiger partial charge in [0.25, 0.3) is 5.91 Å². The van der Waals surface area contributed by atoms with Crippen molar-refractivity contribution in [1.82, 2.24) is 19.2 Å². The van der Waals surface area contributed by atoms with E-state index in [1.165, 1.54) is 11.3 Å². The van der Waals surface area contributed by atoms with Crippen molar-refractivity contribution in [2.24, 2.45) is 0 Å². The van der Waals surface area contributed by atoms with Gasteiger partial charge in [0.1, 0.15) is 18.0 Å². The summed E-state index contributed by atoms with van der Waals surface area (Å²) >= 11 is 0. The zero-order valence-electron chi connectivity index (χ0n) is 19.8. The average molecular weight is 455 g/mol. The molecule has 0 unspecified atom stereocenters. The van der Waals surface area contributed by atoms with Crippen molar-refractivity contribution >= 4 is 11.6 Å². The van der Waals surface area contributed by atoms with Gasteiger partial charge in [0.05, 0.1) is 11.4 Å². The van der Waals surface area contributed by atoms with Crippen molar-refractivity contribution < 1.29 is 9.53 Å². The lowest BCUT2D eigenvalue weighted by Gasteiger charge is -2.35. The molecule has 1 aliphatic heterocycles. The van der Waals surface area contributed by atoms with E-state index in [2.05, 4.69) is 41.5 Å². The number of rotatable bonds is 6. The molecular formula is C28H30N4O2. The van der Waals surface area contributed by atoms with Crippen LogP contribution in [0.25, 0.3) is 5.65 Å². The Morgan fingerprint density at radius 3 is 2.47 bits per heavy atom. The van der Waals surface area contributed by atoms with Crippen LogP contribution in [0, 0.1) is 13.8 Å². The van der Waals surface area contributed by atoms with E-state index in [1.54, 1.807) is 0 Å². The van der Waals surface area contributed by atoms with Crippen LogP contribution in [0.15, 0.2) is 72.9 Å². The standard InChI is InChI=1S/C28H30N4O2/c1-21-12-13-32-26(22(2)29-27(32)18-21)19-30-14-16-31(17-15-30)28(33)25-11-7-6-8-23(25)20-34-24-9-4-3-5-10-24/h3-13,18H,14-17,19-20H2,1-2H3. The maximum absolute atomic E-state index is 13.4. The summed E-state index contributed by atoms with van der Waals surface area (Å²) in [6.45, 7) is 8.47. The van der Waals surface area contributed by atoms with E-state index in [1.807, 2.05) is 59.5 Å². The minimum atomic E-state index is 0.0772. The molecule has 0 radical (unpaired) electrons. The molecule has 0 aliphatic carbocycles. The molecule has 0 atom stereocenters. The first-order chi connectivity index (χ1) is 16.6. The van der Waals surface area contributed by atoms with Crippen molar-refractivity contribution in [2.45, 2.75) is 27.0 Å². The van der Waals surface area contributed by atoms with E-state index in [4.69, 9.17) is 9.72 Å². The van der Waals surface area contributed by atoms with E-state index < -0.39 is 0 Å². The maximum atomic E-state index is 13.4. The number of para-hydroxylation sites is 1. The number of ether oxygens (including phenoxy) is 1. The normalized spacial score (nSPS) is 14.5. The molecule has 6 nitrogen and oxygen atoms in total. The van der Waals surface area contributed by atoms with Crippen LogP contribution in [0.2, 0.25) is 0 Å². The van der Waals surface area contributed by atoms with Crippen LogP contribution in [0.3, 0.4) is 0 Å². The Balaban J connectivity index is 1.23. The van der Waals surface area contributed by atoms with Gasteiger partial charge in [-0.15, -0.1) is 0 Å². The minimum Gasteiger partial charge on any atom is -0.489 e. The molecular weight excluding hydrogens is 424 g/mol. The van der Waals surface area contributed by atoms with Crippen molar-refractivity contribution in [2.75, 3.05) is 26.2 Å². The zero-order chi connectivity index (χ0) is 23.5. The predicted octanol–water partition coefficient (Wildman–Crippen LogP) is 4.49. The van der Waals surface area contributed by atoms with Gasteiger partial charge in [0.2, 0.25) is 0 Å². The van der Waals surface area contributed by atoms with Crippen LogP contribution in [0.5, 0.6) is 5.75 Å². The highest BCUT2D eigenvalue weighted by Gasteiger charge is 2.25. The van der Waals surface area contributed by atoms with Gasteiger partial charge in [-0.2, -0.15) is 0 Å². The fourth-order valence-corrected chi connectivity index (χ4v) is 4.53. The summed E-state index contributed by atoms with van der Waals surface area (Å²) in [5.41, 5.74) is 6.13. The number of piperazine rings is 1. The number of carbonyl (C=O) groups excluding carboxylic acids is 1. The second-order valence-corrected chi connectivity index (χ2v) is 8.90. The quantitative estimate of drug-likeness (QED) is 0.431. The topological polar surface area (TPSA) is 50.1 Å². The number of amides is 1. The number of pyridine rings is 1. The highest BCUT2D eigenvalue weighted by Crippen LogP contribution is 2.19. The van der Waals surface area contributed by atoms with Gasteiger partial charge >= 0.3 is 0 Å². The second kappa shape index (κ2) is 9.69. The largest absolute Gasteiger partial charge is 0.489 e. The Morgan fingerprint density at radius 1 is 0.941 bits per heavy atom. The Hall–Kier alpha value is -3.64. The van der Waals surface area contributed by atoms with Crippen molar-refractivity contribution in [3.63, 3.8) is 0 Å². The number of nitrogens with zero attached hydrogens (tertiary/aromatic N) is 4. The predicted molar refractivity (Wildman–Crippen MR) is 133 cm³/mol. The Labute approximate surface area is 200 Å². The van der Waals surface area contributed by atoms with E-state index >= 15 is 0 Å². The van der Waals surface area contributed by atoms with Crippen LogP contribution in [-0.4, -0.2) is 51.3 Å². The van der Waals surface area contributed by atoms with Crippen LogP contribution >= 0.6 is 0 Å². The molecule has 6 heteroatoms. The fraction of sp³-hybridized carbons (Fsp3) is 0.286. The van der Waals surface area contributed by atoms with Crippen molar-refractivity contribution in [3.05, 3.63) is 101 Å². The lowest BCUT2D eigenvalue weighted by molar-refractivity contribution is 0.0624. The second-order valence-electron chi connectivity index (χ2n) is 8.90. The first-order valence-electron chi connectivity index (χ1n) is 11.8. The molecule has 1 aliphatic rings. The van der Waals surface area contributed by atoms with Crippen LogP contribution < -0.4 is 4.74 Å². The molecule has 0 saturated carbocycles. The molecule has 2 aromatic heterocycles. The number of hydrogen-bond donors (Lipinski definition) is 0. The SMILES string of the molecule is Cc1ccn2c(CN3CCN(C(=O)c4ccccc4COc4ccccc4)CC3)c(C)nc2c1. The van der Waals surface area contributed by atoms with Gasteiger partial charge in [-0.1, -0.05) is 36.4 Å². The van der Waals surface area contributed by atoms with Crippen LogP contribution in [0.4, 0.5) is 0 Å². The van der Waals surface area contributed by atoms with Crippen molar-refractivity contribution in [3.8, 4) is 5.75 Å². The molecule has 1 amide bonds. The minimum absolute atomic E-state index is 0.0772. The lowest BCUT2D eigenvalue weighted by Crippen LogP contribution is -2.48. The van der Waals surface area contributed by atoms with E-state index in [0.717, 1.165) is 47.9 Å². The Bertz CT molecular complexity index is 1290. The van der Waals surface area contributed by atoms with E-state index in [-0.39, 0.29) is 5.91 Å². The smallest absolute Gasteiger partial charge is 0.254 e. The zero-order valence-corrected chi connectivity index (χ0v) is 19.8. The summed E-state index contributed by atoms with van der Waals surface area (Å²) in [4.78, 5) is 22.5. The third kappa shape index (κ3) is 4.68. The number of aryl methyl sites for hydroxylation is 2. The lowest BCUT2D eigenvalue weighted by atomic mass is 10.1. The molecule has 1 saturated heterocycles. The maximum Gasteiger partial charge on any atom is 0.254 e. The third-order valence-corrected chi connectivity index (χ3v) is 6.50. The number of aromatic nitrogens is 2.